The van der Waals surface area contributed by atoms with Gasteiger partial charge >= 0.3 is 0 Å². The van der Waals surface area contributed by atoms with E-state index in [2.05, 4.69) is 200 Å². The molecule has 5 heterocycles. The van der Waals surface area contributed by atoms with Gasteiger partial charge in [-0.1, -0.05) is 93.5 Å². The molecule has 4 aliphatic rings. The zero-order valence-electron chi connectivity index (χ0n) is 30.6. The molecule has 52 heavy (non-hydrogen) atoms. The fourth-order valence-corrected chi connectivity index (χ4v) is 8.20. The minimum atomic E-state index is -1.46. The summed E-state index contributed by atoms with van der Waals surface area (Å²) in [5.41, 5.74) is 16.4. The number of aromatic nitrogens is 1. The van der Waals surface area contributed by atoms with Gasteiger partial charge in [0.25, 0.3) is 0 Å². The minimum Gasteiger partial charge on any atom is -0.355 e. The molecule has 4 nitrogen and oxygen atoms in total. The summed E-state index contributed by atoms with van der Waals surface area (Å²) >= 11 is 2.38. The SMILES string of the molecule is Cc1ccc(/C2=c3\cc/c([nH]3)=C/C3=NC(=C\C4CC(C)(C)C(/C=C5N=C2C=C\5c2ccc(I)cc2)N4)/C=C3c2ccc(C#C[Si](C)(C)C)cc2)cc1. The van der Waals surface area contributed by atoms with Gasteiger partial charge in [0.2, 0.25) is 0 Å². The van der Waals surface area contributed by atoms with E-state index in [1.807, 2.05) is 0 Å². The van der Waals surface area contributed by atoms with Gasteiger partial charge < -0.3 is 10.3 Å². The number of nitrogens with one attached hydrogen (secondary N) is 2. The van der Waals surface area contributed by atoms with Crippen molar-refractivity contribution in [3.8, 4) is 11.5 Å². The lowest BCUT2D eigenvalue weighted by atomic mass is 9.83. The van der Waals surface area contributed by atoms with E-state index in [0.29, 0.717) is 0 Å². The Balaban J connectivity index is 1.32. The Morgan fingerprint density at radius 2 is 1.44 bits per heavy atom. The highest BCUT2D eigenvalue weighted by atomic mass is 127. The highest BCUT2D eigenvalue weighted by Crippen LogP contribution is 2.40. The van der Waals surface area contributed by atoms with Crippen LogP contribution >= 0.6 is 22.6 Å². The molecule has 1 fully saturated rings. The molecule has 4 aromatic rings. The van der Waals surface area contributed by atoms with E-state index < -0.39 is 8.07 Å². The Bertz CT molecular complexity index is 2470. The molecule has 2 N–H and O–H groups in total. The van der Waals surface area contributed by atoms with Crippen molar-refractivity contribution < 1.29 is 0 Å². The molecule has 2 unspecified atom stereocenters. The molecule has 6 heteroatoms. The summed E-state index contributed by atoms with van der Waals surface area (Å²) in [5, 5.41) is 5.97. The van der Waals surface area contributed by atoms with Gasteiger partial charge in [-0.15, -0.1) is 5.54 Å². The van der Waals surface area contributed by atoms with E-state index in [1.165, 1.54) is 14.7 Å². The molecular weight excluding hydrogens is 764 g/mol. The number of aromatic amines is 1. The van der Waals surface area contributed by atoms with Crippen LogP contribution in [0.25, 0.3) is 22.8 Å². The fourth-order valence-electron chi connectivity index (χ4n) is 7.33. The monoisotopic (exact) mass is 806 g/mol. The zero-order valence-corrected chi connectivity index (χ0v) is 33.8. The number of fused-ring (bicyclic) bond motifs is 6. The molecule has 0 spiro atoms. The molecule has 1 aromatic heterocycles. The van der Waals surface area contributed by atoms with Gasteiger partial charge in [-0.3, -0.25) is 0 Å². The lowest BCUT2D eigenvalue weighted by Gasteiger charge is -2.24. The van der Waals surface area contributed by atoms with Crippen LogP contribution in [-0.4, -0.2) is 36.6 Å². The molecule has 258 valence electrons. The van der Waals surface area contributed by atoms with Crippen LogP contribution in [-0.2, 0) is 0 Å². The minimum absolute atomic E-state index is 0.00614. The van der Waals surface area contributed by atoms with Crippen LogP contribution in [0.1, 0.15) is 48.1 Å². The maximum atomic E-state index is 5.44. The summed E-state index contributed by atoms with van der Waals surface area (Å²) in [7, 11) is -1.46. The standard InChI is InChI=1S/C46H43IN4Si/c1-29-7-11-33(12-8-29)45-40-20-19-35(48-40)25-41-38(31-13-9-30(10-14-31)21-22-52(4,5)6)24-36(49-41)23-37-28-46(2,3)44(50-37)27-42-39(26-43(45)51-42)32-15-17-34(47)18-16-32/h7-20,23-27,37,44,48,50H,28H2,1-6H3/b35-25-,36-23-,42-27-,45-40-. The molecule has 0 aliphatic carbocycles. The van der Waals surface area contributed by atoms with Gasteiger partial charge in [-0.2, -0.15) is 0 Å². The number of aryl methyl sites for hydroxylation is 1. The summed E-state index contributed by atoms with van der Waals surface area (Å²) in [6.07, 6.45) is 12.4. The van der Waals surface area contributed by atoms with Crippen LogP contribution in [0.15, 0.2) is 131 Å². The van der Waals surface area contributed by atoms with Crippen molar-refractivity contribution in [3.05, 3.63) is 163 Å². The number of nitrogens with zero attached hydrogens (tertiary/aromatic N) is 2. The molecule has 0 radical (unpaired) electrons. The Hall–Kier alpha value is -4.55. The number of benzene rings is 3. The normalized spacial score (nSPS) is 24.2. The first-order chi connectivity index (χ1) is 24.9. The number of rotatable bonds is 3. The second kappa shape index (κ2) is 13.5. The second-order valence-electron chi connectivity index (χ2n) is 16.0. The van der Waals surface area contributed by atoms with Gasteiger partial charge in [0.1, 0.15) is 8.07 Å². The van der Waals surface area contributed by atoms with Crippen molar-refractivity contribution in [1.29, 1.82) is 0 Å². The van der Waals surface area contributed by atoms with E-state index in [-0.39, 0.29) is 17.5 Å². The number of H-pyrrole nitrogens is 1. The highest BCUT2D eigenvalue weighted by molar-refractivity contribution is 14.1. The van der Waals surface area contributed by atoms with Crippen LogP contribution in [0.3, 0.4) is 0 Å². The third-order valence-electron chi connectivity index (χ3n) is 10.1. The third-order valence-corrected chi connectivity index (χ3v) is 11.7. The van der Waals surface area contributed by atoms with Gasteiger partial charge in [0.05, 0.1) is 22.8 Å². The largest absolute Gasteiger partial charge is 0.355 e. The van der Waals surface area contributed by atoms with Crippen molar-refractivity contribution >= 4 is 64.9 Å². The zero-order chi connectivity index (χ0) is 36.2. The Morgan fingerprint density at radius 3 is 2.17 bits per heavy atom. The molecular formula is C46H43IN4Si. The van der Waals surface area contributed by atoms with E-state index in [9.17, 15) is 0 Å². The van der Waals surface area contributed by atoms with Gasteiger partial charge in [0.15, 0.2) is 0 Å². The quantitative estimate of drug-likeness (QED) is 0.122. The number of aliphatic imine (C=N–C) groups is 2. The Kier molecular flexibility index (Phi) is 8.93. The van der Waals surface area contributed by atoms with Crippen LogP contribution in [0.5, 0.6) is 0 Å². The Morgan fingerprint density at radius 1 is 0.750 bits per heavy atom. The number of allylic oxidation sites excluding steroid dienone is 4. The van der Waals surface area contributed by atoms with Crippen LogP contribution in [0.4, 0.5) is 0 Å². The third kappa shape index (κ3) is 7.23. The first-order valence-electron chi connectivity index (χ1n) is 18.1. The lowest BCUT2D eigenvalue weighted by molar-refractivity contribution is 0.355. The van der Waals surface area contributed by atoms with E-state index in [1.54, 1.807) is 0 Å². The predicted octanol–water partition coefficient (Wildman–Crippen LogP) is 8.75. The van der Waals surface area contributed by atoms with Crippen LogP contribution < -0.4 is 16.0 Å². The fraction of sp³-hybridized carbons (Fsp3) is 0.217. The maximum absolute atomic E-state index is 5.44. The molecule has 0 amide bonds. The molecule has 2 atom stereocenters. The summed E-state index contributed by atoms with van der Waals surface area (Å²) < 4.78 is 1.22. The van der Waals surface area contributed by atoms with Crippen molar-refractivity contribution in [2.24, 2.45) is 15.4 Å². The molecule has 1 saturated heterocycles. The summed E-state index contributed by atoms with van der Waals surface area (Å²) in [4.78, 5) is 14.4. The number of hydrogen-bond acceptors (Lipinski definition) is 3. The van der Waals surface area contributed by atoms with Crippen LogP contribution in [0, 0.1) is 27.4 Å². The van der Waals surface area contributed by atoms with E-state index >= 15 is 0 Å². The number of halogens is 1. The molecule has 3 aromatic carbocycles. The van der Waals surface area contributed by atoms with Gasteiger partial charge in [-0.05, 0) is 125 Å². The summed E-state index contributed by atoms with van der Waals surface area (Å²) in [6.45, 7) is 13.7. The summed E-state index contributed by atoms with van der Waals surface area (Å²) in [6, 6.07) is 30.8. The highest BCUT2D eigenvalue weighted by Gasteiger charge is 2.39. The number of hydrogen-bond donors (Lipinski definition) is 2. The first-order valence-corrected chi connectivity index (χ1v) is 22.6. The maximum Gasteiger partial charge on any atom is 0.129 e. The van der Waals surface area contributed by atoms with Crippen LogP contribution in [0.2, 0.25) is 19.6 Å². The van der Waals surface area contributed by atoms with Gasteiger partial charge in [0, 0.05) is 48.6 Å². The predicted molar refractivity (Wildman–Crippen MR) is 230 cm³/mol. The smallest absolute Gasteiger partial charge is 0.129 e. The second-order valence-corrected chi connectivity index (χ2v) is 22.0. The average Bonchev–Trinajstić information content (AvgIpc) is 3.88. The molecule has 8 bridgehead atoms. The molecule has 0 saturated carbocycles. The topological polar surface area (TPSA) is 52.5 Å². The van der Waals surface area contributed by atoms with Crippen molar-refractivity contribution in [2.75, 3.05) is 0 Å². The average molecular weight is 807 g/mol. The van der Waals surface area contributed by atoms with Crippen molar-refractivity contribution in [3.63, 3.8) is 0 Å². The molecule has 8 rings (SSSR count). The van der Waals surface area contributed by atoms with Crippen molar-refractivity contribution in [1.82, 2.24) is 10.3 Å². The van der Waals surface area contributed by atoms with E-state index in [0.717, 1.165) is 73.3 Å². The van der Waals surface area contributed by atoms with E-state index in [4.69, 9.17) is 9.98 Å². The lowest BCUT2D eigenvalue weighted by Crippen LogP contribution is -2.32. The first kappa shape index (κ1) is 34.5. The molecule has 4 aliphatic heterocycles. The van der Waals surface area contributed by atoms with Gasteiger partial charge in [-0.25, -0.2) is 9.98 Å². The van der Waals surface area contributed by atoms with Crippen molar-refractivity contribution in [2.45, 2.75) is 58.9 Å². The Labute approximate surface area is 321 Å². The summed E-state index contributed by atoms with van der Waals surface area (Å²) in [5.74, 6) is 3.40.